The molecule has 10 heteroatoms. The molecule has 0 bridgehead atoms. The number of rotatable bonds is 12. The number of ether oxygens (including phenoxy) is 1. The summed E-state index contributed by atoms with van der Waals surface area (Å²) in [5.74, 6) is 1.95. The number of aliphatic imine (C=N–C) groups is 1. The number of allylic oxidation sites excluding steroid dienone is 5. The van der Waals surface area contributed by atoms with Gasteiger partial charge < -0.3 is 29.7 Å². The van der Waals surface area contributed by atoms with Gasteiger partial charge in [0.25, 0.3) is 0 Å². The molecule has 3 N–H and O–H groups in total. The molecule has 10 nitrogen and oxygen atoms in total. The van der Waals surface area contributed by atoms with Crippen LogP contribution in [0.4, 0.5) is 6.01 Å². The number of hydrogen-bond donors (Lipinski definition) is 3. The van der Waals surface area contributed by atoms with Crippen molar-refractivity contribution in [3.05, 3.63) is 41.1 Å². The zero-order valence-corrected chi connectivity index (χ0v) is 22.2. The molecular weight excluding hydrogens is 474 g/mol. The van der Waals surface area contributed by atoms with Crippen LogP contribution in [0.2, 0.25) is 0 Å². The second-order valence-corrected chi connectivity index (χ2v) is 10.1. The minimum atomic E-state index is -0.618. The summed E-state index contributed by atoms with van der Waals surface area (Å²) in [5.41, 5.74) is 1.83. The number of piperidine rings is 1. The molecule has 1 aromatic rings. The average molecular weight is 516 g/mol. The fraction of sp³-hybridized carbons (Fsp3) is 0.630. The summed E-state index contributed by atoms with van der Waals surface area (Å²) in [6.07, 6.45) is 9.81. The fourth-order valence-electron chi connectivity index (χ4n) is 4.41. The van der Waals surface area contributed by atoms with Gasteiger partial charge in [-0.25, -0.2) is 0 Å². The third kappa shape index (κ3) is 8.26. The quantitative estimate of drug-likeness (QED) is 0.220. The van der Waals surface area contributed by atoms with Crippen molar-refractivity contribution in [3.63, 3.8) is 0 Å². The number of nitrogens with one attached hydrogen (secondary N) is 1. The Hall–Kier alpha value is -2.98. The maximum Gasteiger partial charge on any atom is 0.324 e. The van der Waals surface area contributed by atoms with E-state index in [0.29, 0.717) is 37.8 Å². The van der Waals surface area contributed by atoms with E-state index in [9.17, 15) is 4.79 Å². The minimum Gasteiger partial charge on any atom is -0.498 e. The number of carbonyl (C=O) groups is 1. The van der Waals surface area contributed by atoms with Gasteiger partial charge in [0.05, 0.1) is 37.3 Å². The molecule has 37 heavy (non-hydrogen) atoms. The summed E-state index contributed by atoms with van der Waals surface area (Å²) < 4.78 is 11.4. The SMILES string of the molecule is C=N/C(=C\C=C(/C)OCC1CCN(c2nc(C(C)C)no2)CC1)C1=CCC(C(=O)NC(CO)CO)CC1. The Bertz CT molecular complexity index is 987. The number of aliphatic hydroxyl groups excluding tert-OH is 2. The van der Waals surface area contributed by atoms with Crippen LogP contribution >= 0.6 is 0 Å². The molecule has 3 rings (SSSR count). The summed E-state index contributed by atoms with van der Waals surface area (Å²) in [7, 11) is 0. The van der Waals surface area contributed by atoms with Crippen LogP contribution in [0.1, 0.15) is 64.6 Å². The normalized spacial score (nSPS) is 19.8. The first kappa shape index (κ1) is 28.6. The molecule has 0 spiro atoms. The summed E-state index contributed by atoms with van der Waals surface area (Å²) in [4.78, 5) is 23.2. The molecule has 1 atom stereocenters. The molecule has 0 saturated carbocycles. The Labute approximate surface area is 219 Å². The molecule has 1 aromatic heterocycles. The predicted octanol–water partition coefficient (Wildman–Crippen LogP) is 3.11. The van der Waals surface area contributed by atoms with E-state index >= 15 is 0 Å². The Morgan fingerprint density at radius 3 is 2.59 bits per heavy atom. The van der Waals surface area contributed by atoms with Crippen molar-refractivity contribution in [2.75, 3.05) is 37.8 Å². The number of carbonyl (C=O) groups excluding carboxylic acids is 1. The van der Waals surface area contributed by atoms with E-state index in [0.717, 1.165) is 48.8 Å². The van der Waals surface area contributed by atoms with E-state index in [1.54, 1.807) is 0 Å². The first-order valence-corrected chi connectivity index (χ1v) is 13.1. The Balaban J connectivity index is 1.45. The van der Waals surface area contributed by atoms with Crippen LogP contribution in [0.5, 0.6) is 0 Å². The van der Waals surface area contributed by atoms with E-state index in [1.165, 1.54) is 0 Å². The zero-order chi connectivity index (χ0) is 26.8. The second kappa shape index (κ2) is 14.1. The van der Waals surface area contributed by atoms with E-state index in [4.69, 9.17) is 19.5 Å². The van der Waals surface area contributed by atoms with Crippen LogP contribution in [0.3, 0.4) is 0 Å². The number of nitrogens with zero attached hydrogens (tertiary/aromatic N) is 4. The van der Waals surface area contributed by atoms with E-state index in [-0.39, 0.29) is 31.0 Å². The smallest absolute Gasteiger partial charge is 0.324 e. The average Bonchev–Trinajstić information content (AvgIpc) is 3.42. The summed E-state index contributed by atoms with van der Waals surface area (Å²) >= 11 is 0. The maximum atomic E-state index is 12.4. The van der Waals surface area contributed by atoms with Gasteiger partial charge in [0.2, 0.25) is 5.91 Å². The van der Waals surface area contributed by atoms with Crippen molar-refractivity contribution in [3.8, 4) is 0 Å². The molecule has 2 aliphatic rings. The van der Waals surface area contributed by atoms with Crippen molar-refractivity contribution in [1.29, 1.82) is 0 Å². The van der Waals surface area contributed by atoms with Crippen LogP contribution in [-0.2, 0) is 9.53 Å². The van der Waals surface area contributed by atoms with Crippen molar-refractivity contribution >= 4 is 18.6 Å². The van der Waals surface area contributed by atoms with Gasteiger partial charge in [-0.15, -0.1) is 0 Å². The van der Waals surface area contributed by atoms with Gasteiger partial charge in [0, 0.05) is 24.9 Å². The van der Waals surface area contributed by atoms with E-state index in [2.05, 4.69) is 45.9 Å². The molecule has 2 heterocycles. The van der Waals surface area contributed by atoms with Crippen LogP contribution in [-0.4, -0.2) is 71.9 Å². The number of aliphatic hydroxyl groups is 2. The lowest BCUT2D eigenvalue weighted by molar-refractivity contribution is -0.126. The highest BCUT2D eigenvalue weighted by Crippen LogP contribution is 2.29. The lowest BCUT2D eigenvalue weighted by atomic mass is 9.87. The molecule has 0 radical (unpaired) electrons. The number of anilines is 1. The molecular formula is C27H41N5O5. The highest BCUT2D eigenvalue weighted by molar-refractivity contribution is 5.79. The number of amides is 1. The van der Waals surface area contributed by atoms with E-state index < -0.39 is 6.04 Å². The van der Waals surface area contributed by atoms with Crippen LogP contribution in [0.25, 0.3) is 0 Å². The Morgan fingerprint density at radius 2 is 2.03 bits per heavy atom. The van der Waals surface area contributed by atoms with Crippen molar-refractivity contribution < 1.29 is 24.3 Å². The first-order chi connectivity index (χ1) is 17.8. The monoisotopic (exact) mass is 515 g/mol. The van der Waals surface area contributed by atoms with Gasteiger partial charge in [0.15, 0.2) is 5.82 Å². The van der Waals surface area contributed by atoms with Gasteiger partial charge in [-0.3, -0.25) is 9.79 Å². The van der Waals surface area contributed by atoms with Gasteiger partial charge >= 0.3 is 6.01 Å². The number of aromatic nitrogens is 2. The van der Waals surface area contributed by atoms with Gasteiger partial charge in [-0.2, -0.15) is 4.98 Å². The maximum absolute atomic E-state index is 12.4. The lowest BCUT2D eigenvalue weighted by Crippen LogP contribution is -2.43. The molecule has 1 aliphatic heterocycles. The molecule has 1 unspecified atom stereocenters. The molecule has 0 aromatic carbocycles. The Kier molecular flexibility index (Phi) is 10.9. The summed E-state index contributed by atoms with van der Waals surface area (Å²) in [5, 5.41) is 25.1. The number of hydrogen-bond acceptors (Lipinski definition) is 9. The summed E-state index contributed by atoms with van der Waals surface area (Å²) in [6, 6.07) is -0.00991. The minimum absolute atomic E-state index is 0.145. The summed E-state index contributed by atoms with van der Waals surface area (Å²) in [6.45, 7) is 11.6. The molecule has 1 fully saturated rings. The van der Waals surface area contributed by atoms with Crippen LogP contribution in [0.15, 0.2) is 44.8 Å². The zero-order valence-electron chi connectivity index (χ0n) is 22.2. The second-order valence-electron chi connectivity index (χ2n) is 10.1. The predicted molar refractivity (Wildman–Crippen MR) is 142 cm³/mol. The van der Waals surface area contributed by atoms with Gasteiger partial charge in [-0.05, 0) is 69.4 Å². The topological polar surface area (TPSA) is 133 Å². The van der Waals surface area contributed by atoms with Crippen molar-refractivity contribution in [2.45, 2.75) is 64.8 Å². The molecule has 1 amide bonds. The van der Waals surface area contributed by atoms with Gasteiger partial charge in [0.1, 0.15) is 0 Å². The van der Waals surface area contributed by atoms with Crippen molar-refractivity contribution in [1.82, 2.24) is 15.5 Å². The third-order valence-electron chi connectivity index (χ3n) is 6.92. The lowest BCUT2D eigenvalue weighted by Gasteiger charge is -2.30. The standard InChI is InChI=1S/C27H41N5O5/c1-18(2)25-30-27(37-31-25)32-13-11-20(12-14-32)17-36-19(3)5-10-24(28-4)21-6-8-22(9-7-21)26(35)29-23(15-33)16-34/h5-6,10,18,20,22-23,33-34H,4,7-9,11-17H2,1-3H3,(H,29,35)/b19-5+,24-10-. The largest absolute Gasteiger partial charge is 0.498 e. The van der Waals surface area contributed by atoms with Gasteiger partial charge in [-0.1, -0.05) is 25.1 Å². The van der Waals surface area contributed by atoms with Crippen molar-refractivity contribution in [2.24, 2.45) is 16.8 Å². The molecule has 1 saturated heterocycles. The Morgan fingerprint density at radius 1 is 1.30 bits per heavy atom. The fourth-order valence-corrected chi connectivity index (χ4v) is 4.41. The third-order valence-corrected chi connectivity index (χ3v) is 6.92. The molecule has 1 aliphatic carbocycles. The molecule has 204 valence electrons. The van der Waals surface area contributed by atoms with Crippen LogP contribution < -0.4 is 10.2 Å². The van der Waals surface area contributed by atoms with Crippen LogP contribution in [0, 0.1) is 11.8 Å². The van der Waals surface area contributed by atoms with E-state index in [1.807, 2.05) is 25.2 Å². The highest BCUT2D eigenvalue weighted by Gasteiger charge is 2.25. The highest BCUT2D eigenvalue weighted by atomic mass is 16.5. The first-order valence-electron chi connectivity index (χ1n) is 13.1.